The van der Waals surface area contributed by atoms with E-state index in [2.05, 4.69) is 10.6 Å². The second-order valence-corrected chi connectivity index (χ2v) is 5.93. The quantitative estimate of drug-likeness (QED) is 0.861. The summed E-state index contributed by atoms with van der Waals surface area (Å²) < 4.78 is 7.11. The van der Waals surface area contributed by atoms with Crippen molar-refractivity contribution in [1.82, 2.24) is 4.57 Å². The summed E-state index contributed by atoms with van der Waals surface area (Å²) in [7, 11) is 0. The number of nitrogens with zero attached hydrogens (tertiary/aromatic N) is 1. The molecule has 1 amide bonds. The van der Waals surface area contributed by atoms with E-state index in [0.717, 1.165) is 11.4 Å². The van der Waals surface area contributed by atoms with E-state index in [1.807, 2.05) is 25.3 Å². The molecule has 2 aromatic heterocycles. The van der Waals surface area contributed by atoms with E-state index in [-0.39, 0.29) is 0 Å². The number of nitrogens with two attached hydrogens (primary N) is 1. The average molecular weight is 306 g/mol. The fourth-order valence-corrected chi connectivity index (χ4v) is 2.78. The Morgan fingerprint density at radius 2 is 2.14 bits per heavy atom. The standard InChI is InChI=1S/C15H18N2O3S/c1-9-7-13(15(19)20-11(3)14(16)18)10(2)17(9)8-12-5-4-6-21-12/h4-7,11H,8H2,1-3H3,(H2,16,18)/t11-/m1/s1. The molecule has 6 heteroatoms. The van der Waals surface area contributed by atoms with Gasteiger partial charge in [0.05, 0.1) is 12.1 Å². The Kier molecular flexibility index (Phi) is 4.47. The van der Waals surface area contributed by atoms with E-state index in [9.17, 15) is 9.59 Å². The van der Waals surface area contributed by atoms with Crippen LogP contribution in [0.4, 0.5) is 0 Å². The van der Waals surface area contributed by atoms with Crippen molar-refractivity contribution >= 4 is 23.2 Å². The van der Waals surface area contributed by atoms with Crippen molar-refractivity contribution in [3.63, 3.8) is 0 Å². The van der Waals surface area contributed by atoms with Gasteiger partial charge in [0.2, 0.25) is 0 Å². The molecule has 0 saturated carbocycles. The molecular weight excluding hydrogens is 288 g/mol. The zero-order valence-electron chi connectivity index (χ0n) is 12.3. The molecular formula is C15H18N2O3S. The minimum atomic E-state index is -0.933. The molecule has 0 spiro atoms. The predicted octanol–water partition coefficient (Wildman–Crippen LogP) is 2.25. The zero-order chi connectivity index (χ0) is 15.6. The van der Waals surface area contributed by atoms with Crippen molar-refractivity contribution in [1.29, 1.82) is 0 Å². The Hall–Kier alpha value is -2.08. The highest BCUT2D eigenvalue weighted by atomic mass is 32.1. The van der Waals surface area contributed by atoms with Gasteiger partial charge in [0.1, 0.15) is 0 Å². The molecule has 2 N–H and O–H groups in total. The van der Waals surface area contributed by atoms with E-state index >= 15 is 0 Å². The number of hydrogen-bond donors (Lipinski definition) is 1. The fraction of sp³-hybridized carbons (Fsp3) is 0.333. The molecule has 21 heavy (non-hydrogen) atoms. The third-order valence-corrected chi connectivity index (χ3v) is 4.23. The summed E-state index contributed by atoms with van der Waals surface area (Å²) in [5.74, 6) is -1.18. The normalized spacial score (nSPS) is 12.1. The summed E-state index contributed by atoms with van der Waals surface area (Å²) in [4.78, 5) is 24.3. The molecule has 2 aromatic rings. The van der Waals surface area contributed by atoms with Gasteiger partial charge in [-0.3, -0.25) is 4.79 Å². The first kappa shape index (κ1) is 15.3. The molecule has 0 bridgehead atoms. The van der Waals surface area contributed by atoms with Gasteiger partial charge in [0, 0.05) is 16.3 Å². The maximum atomic E-state index is 12.1. The number of aromatic nitrogens is 1. The van der Waals surface area contributed by atoms with E-state index in [1.165, 1.54) is 11.8 Å². The van der Waals surface area contributed by atoms with Crippen LogP contribution in [0.25, 0.3) is 0 Å². The Bertz CT molecular complexity index is 659. The highest BCUT2D eigenvalue weighted by Gasteiger charge is 2.21. The minimum Gasteiger partial charge on any atom is -0.449 e. The monoisotopic (exact) mass is 306 g/mol. The highest BCUT2D eigenvalue weighted by Crippen LogP contribution is 2.20. The molecule has 2 heterocycles. The van der Waals surface area contributed by atoms with Gasteiger partial charge in [-0.05, 0) is 38.3 Å². The lowest BCUT2D eigenvalue weighted by molar-refractivity contribution is -0.125. The Morgan fingerprint density at radius 3 is 2.71 bits per heavy atom. The third kappa shape index (κ3) is 3.33. The lowest BCUT2D eigenvalue weighted by Gasteiger charge is -2.10. The van der Waals surface area contributed by atoms with Crippen LogP contribution in [0.2, 0.25) is 0 Å². The van der Waals surface area contributed by atoms with Crippen molar-refractivity contribution in [3.05, 3.63) is 45.4 Å². The van der Waals surface area contributed by atoms with E-state index in [0.29, 0.717) is 12.1 Å². The molecule has 0 fully saturated rings. The van der Waals surface area contributed by atoms with Crippen LogP contribution in [0, 0.1) is 13.8 Å². The summed E-state index contributed by atoms with van der Waals surface area (Å²) in [5, 5.41) is 2.02. The topological polar surface area (TPSA) is 74.3 Å². The molecule has 2 rings (SSSR count). The SMILES string of the molecule is Cc1cc(C(=O)O[C@H](C)C(N)=O)c(C)n1Cc1cccs1. The number of ether oxygens (including phenoxy) is 1. The zero-order valence-corrected chi connectivity index (χ0v) is 13.1. The molecule has 0 radical (unpaired) electrons. The Morgan fingerprint density at radius 1 is 1.43 bits per heavy atom. The van der Waals surface area contributed by atoms with Gasteiger partial charge in [0.15, 0.2) is 6.10 Å². The first-order valence-corrected chi connectivity index (χ1v) is 7.47. The maximum Gasteiger partial charge on any atom is 0.340 e. The lowest BCUT2D eigenvalue weighted by Crippen LogP contribution is -2.30. The Balaban J connectivity index is 2.22. The van der Waals surface area contributed by atoms with Gasteiger partial charge in [0.25, 0.3) is 5.91 Å². The number of aryl methyl sites for hydroxylation is 1. The summed E-state index contributed by atoms with van der Waals surface area (Å²) in [6.07, 6.45) is -0.933. The van der Waals surface area contributed by atoms with Crippen LogP contribution in [0.5, 0.6) is 0 Å². The van der Waals surface area contributed by atoms with Gasteiger partial charge < -0.3 is 15.0 Å². The van der Waals surface area contributed by atoms with E-state index < -0.39 is 18.0 Å². The second-order valence-electron chi connectivity index (χ2n) is 4.90. The number of amides is 1. The number of carbonyl (C=O) groups excluding carboxylic acids is 2. The third-order valence-electron chi connectivity index (χ3n) is 3.37. The molecule has 112 valence electrons. The number of thiophene rings is 1. The fourth-order valence-electron chi connectivity index (χ4n) is 2.09. The summed E-state index contributed by atoms with van der Waals surface area (Å²) in [6.45, 7) is 5.99. The lowest BCUT2D eigenvalue weighted by atomic mass is 10.2. The molecule has 0 aliphatic rings. The van der Waals surface area contributed by atoms with E-state index in [4.69, 9.17) is 10.5 Å². The largest absolute Gasteiger partial charge is 0.449 e. The first-order valence-electron chi connectivity index (χ1n) is 6.59. The predicted molar refractivity (Wildman–Crippen MR) is 81.4 cm³/mol. The number of esters is 1. The Labute approximate surface area is 127 Å². The smallest absolute Gasteiger partial charge is 0.340 e. The first-order chi connectivity index (χ1) is 9.90. The maximum absolute atomic E-state index is 12.1. The number of carbonyl (C=O) groups is 2. The van der Waals surface area contributed by atoms with Crippen LogP contribution in [0.1, 0.15) is 33.5 Å². The van der Waals surface area contributed by atoms with Crippen molar-refractivity contribution < 1.29 is 14.3 Å². The van der Waals surface area contributed by atoms with Crippen LogP contribution in [-0.2, 0) is 16.1 Å². The highest BCUT2D eigenvalue weighted by molar-refractivity contribution is 7.09. The minimum absolute atomic E-state index is 0.470. The van der Waals surface area contributed by atoms with E-state index in [1.54, 1.807) is 17.4 Å². The molecule has 0 aliphatic heterocycles. The van der Waals surface area contributed by atoms with Gasteiger partial charge in [-0.25, -0.2) is 4.79 Å². The molecule has 1 atom stereocenters. The molecule has 5 nitrogen and oxygen atoms in total. The van der Waals surface area contributed by atoms with Crippen LogP contribution < -0.4 is 5.73 Å². The summed E-state index contributed by atoms with van der Waals surface area (Å²) in [5.41, 5.74) is 7.37. The van der Waals surface area contributed by atoms with Gasteiger partial charge in [-0.15, -0.1) is 11.3 Å². The van der Waals surface area contributed by atoms with Crippen LogP contribution in [0.3, 0.4) is 0 Å². The molecule has 0 saturated heterocycles. The van der Waals surface area contributed by atoms with Crippen LogP contribution in [0.15, 0.2) is 23.6 Å². The number of rotatable bonds is 5. The second kappa shape index (κ2) is 6.13. The van der Waals surface area contributed by atoms with Gasteiger partial charge >= 0.3 is 5.97 Å². The number of primary amides is 1. The summed E-state index contributed by atoms with van der Waals surface area (Å²) in [6, 6.07) is 5.83. The van der Waals surface area contributed by atoms with Crippen LogP contribution >= 0.6 is 11.3 Å². The molecule has 0 aromatic carbocycles. The number of hydrogen-bond acceptors (Lipinski definition) is 4. The summed E-state index contributed by atoms with van der Waals surface area (Å²) >= 11 is 1.67. The van der Waals surface area contributed by atoms with Gasteiger partial charge in [-0.2, -0.15) is 0 Å². The van der Waals surface area contributed by atoms with Crippen molar-refractivity contribution in [2.75, 3.05) is 0 Å². The van der Waals surface area contributed by atoms with Crippen molar-refractivity contribution in [3.8, 4) is 0 Å². The molecule has 0 aliphatic carbocycles. The molecule has 0 unspecified atom stereocenters. The van der Waals surface area contributed by atoms with Crippen molar-refractivity contribution in [2.45, 2.75) is 33.4 Å². The van der Waals surface area contributed by atoms with Crippen molar-refractivity contribution in [2.24, 2.45) is 5.73 Å². The van der Waals surface area contributed by atoms with Crippen LogP contribution in [-0.4, -0.2) is 22.5 Å². The van der Waals surface area contributed by atoms with Gasteiger partial charge in [-0.1, -0.05) is 6.07 Å². The average Bonchev–Trinajstić information content (AvgIpc) is 3.02.